The molecule has 5 rings (SSSR count). The summed E-state index contributed by atoms with van der Waals surface area (Å²) in [5.41, 5.74) is 2.18. The fraction of sp³-hybridized carbons (Fsp3) is 0.400. The van der Waals surface area contributed by atoms with Crippen molar-refractivity contribution in [2.75, 3.05) is 18.4 Å². The van der Waals surface area contributed by atoms with Crippen molar-refractivity contribution in [1.82, 2.24) is 14.8 Å². The lowest BCUT2D eigenvalue weighted by Crippen LogP contribution is -2.49. The summed E-state index contributed by atoms with van der Waals surface area (Å²) in [5.74, 6) is -0.158. The largest absolute Gasteiger partial charge is 0.444 e. The van der Waals surface area contributed by atoms with Crippen molar-refractivity contribution in [1.29, 1.82) is 0 Å². The third-order valence-corrected chi connectivity index (χ3v) is 7.05. The Morgan fingerprint density at radius 2 is 1.85 bits per heavy atom. The van der Waals surface area contributed by atoms with Crippen molar-refractivity contribution in [3.05, 3.63) is 59.7 Å². The minimum Gasteiger partial charge on any atom is -0.444 e. The summed E-state index contributed by atoms with van der Waals surface area (Å²) < 4.78 is 6.60. The van der Waals surface area contributed by atoms with Crippen LogP contribution >= 0.6 is 11.3 Å². The molecule has 0 radical (unpaired) electrons. The van der Waals surface area contributed by atoms with Gasteiger partial charge in [-0.1, -0.05) is 35.6 Å². The molecule has 172 valence electrons. The number of thiazole rings is 1. The summed E-state index contributed by atoms with van der Waals surface area (Å²) in [6.45, 7) is 8.06. The lowest BCUT2D eigenvalue weighted by molar-refractivity contribution is 0.0124. The highest BCUT2D eigenvalue weighted by Crippen LogP contribution is 2.33. The second-order valence-electron chi connectivity index (χ2n) is 9.74. The smallest absolute Gasteiger partial charge is 0.410 e. The van der Waals surface area contributed by atoms with Crippen LogP contribution < -0.4 is 5.32 Å². The molecule has 3 aromatic rings. The Morgan fingerprint density at radius 1 is 1.09 bits per heavy atom. The van der Waals surface area contributed by atoms with Gasteiger partial charge >= 0.3 is 6.09 Å². The van der Waals surface area contributed by atoms with Crippen LogP contribution in [0.3, 0.4) is 0 Å². The van der Waals surface area contributed by atoms with Gasteiger partial charge in [-0.2, -0.15) is 0 Å². The fourth-order valence-corrected chi connectivity index (χ4v) is 5.44. The van der Waals surface area contributed by atoms with Crippen LogP contribution in [-0.2, 0) is 11.3 Å². The van der Waals surface area contributed by atoms with Crippen LogP contribution in [0.15, 0.2) is 48.5 Å². The van der Waals surface area contributed by atoms with E-state index < -0.39 is 5.60 Å². The Labute approximate surface area is 197 Å². The number of benzene rings is 2. The molecule has 2 saturated heterocycles. The topological polar surface area (TPSA) is 74.8 Å². The predicted molar refractivity (Wildman–Crippen MR) is 130 cm³/mol. The summed E-state index contributed by atoms with van der Waals surface area (Å²) in [5, 5.41) is 3.51. The van der Waals surface area contributed by atoms with Crippen LogP contribution in [0.4, 0.5) is 9.93 Å². The Morgan fingerprint density at radius 3 is 2.52 bits per heavy atom. The third-order valence-electron chi connectivity index (χ3n) is 6.10. The zero-order valence-electron chi connectivity index (χ0n) is 19.1. The van der Waals surface area contributed by atoms with E-state index in [-0.39, 0.29) is 18.0 Å². The van der Waals surface area contributed by atoms with E-state index in [9.17, 15) is 9.59 Å². The molecule has 0 unspecified atom stereocenters. The molecular formula is C25H28N4O3S. The van der Waals surface area contributed by atoms with Gasteiger partial charge in [0.05, 0.1) is 10.2 Å². The third kappa shape index (κ3) is 4.72. The second kappa shape index (κ2) is 8.43. The Hall–Kier alpha value is -2.97. The van der Waals surface area contributed by atoms with E-state index in [1.165, 1.54) is 11.3 Å². The molecule has 2 atom stereocenters. The molecule has 3 heterocycles. The van der Waals surface area contributed by atoms with Crippen LogP contribution in [0.1, 0.15) is 43.1 Å². The molecular weight excluding hydrogens is 436 g/mol. The molecule has 0 aliphatic carbocycles. The number of likely N-dealkylation sites (tertiary alicyclic amines) is 2. The average molecular weight is 465 g/mol. The van der Waals surface area contributed by atoms with Gasteiger partial charge < -0.3 is 9.64 Å². The lowest BCUT2D eigenvalue weighted by Gasteiger charge is -2.35. The first-order valence-corrected chi connectivity index (χ1v) is 12.1. The first-order valence-electron chi connectivity index (χ1n) is 11.2. The van der Waals surface area contributed by atoms with E-state index in [1.54, 1.807) is 0 Å². The van der Waals surface area contributed by atoms with Crippen LogP contribution in [0, 0.1) is 0 Å². The number of nitrogens with zero attached hydrogens (tertiary/aromatic N) is 3. The van der Waals surface area contributed by atoms with Gasteiger partial charge in [-0.05, 0) is 57.0 Å². The van der Waals surface area contributed by atoms with Crippen molar-refractivity contribution in [3.63, 3.8) is 0 Å². The summed E-state index contributed by atoms with van der Waals surface area (Å²) in [4.78, 5) is 33.9. The highest BCUT2D eigenvalue weighted by atomic mass is 32.1. The Kier molecular flexibility index (Phi) is 5.58. The van der Waals surface area contributed by atoms with E-state index in [0.717, 1.165) is 35.3 Å². The van der Waals surface area contributed by atoms with Crippen molar-refractivity contribution >= 4 is 38.7 Å². The van der Waals surface area contributed by atoms with Crippen molar-refractivity contribution in [3.8, 4) is 0 Å². The molecule has 2 aliphatic heterocycles. The monoisotopic (exact) mass is 464 g/mol. The molecule has 7 nitrogen and oxygen atoms in total. The lowest BCUT2D eigenvalue weighted by atomic mass is 10.1. The molecule has 0 saturated carbocycles. The van der Waals surface area contributed by atoms with Gasteiger partial charge in [0, 0.05) is 37.3 Å². The number of nitrogens with one attached hydrogen (secondary N) is 1. The number of para-hydroxylation sites is 1. The molecule has 33 heavy (non-hydrogen) atoms. The molecule has 1 aromatic heterocycles. The number of amides is 2. The molecule has 2 amide bonds. The molecule has 2 aliphatic rings. The van der Waals surface area contributed by atoms with Gasteiger partial charge in [0.15, 0.2) is 5.13 Å². The number of ether oxygens (including phenoxy) is 1. The fourth-order valence-electron chi connectivity index (χ4n) is 4.58. The number of rotatable bonds is 4. The summed E-state index contributed by atoms with van der Waals surface area (Å²) >= 11 is 1.47. The normalized spacial score (nSPS) is 20.4. The van der Waals surface area contributed by atoms with Crippen molar-refractivity contribution in [2.24, 2.45) is 0 Å². The van der Waals surface area contributed by atoms with Crippen LogP contribution in [0.25, 0.3) is 10.2 Å². The summed E-state index contributed by atoms with van der Waals surface area (Å²) in [6.07, 6.45) is 0.778. The number of hydrogen-bond donors (Lipinski definition) is 1. The van der Waals surface area contributed by atoms with Crippen LogP contribution in [0.2, 0.25) is 0 Å². The maximum atomic E-state index is 12.6. The highest BCUT2D eigenvalue weighted by molar-refractivity contribution is 7.22. The van der Waals surface area contributed by atoms with E-state index in [2.05, 4.69) is 15.2 Å². The number of carbonyl (C=O) groups excluding carboxylic acids is 2. The number of fused-ring (bicyclic) bond motifs is 3. The van der Waals surface area contributed by atoms with Gasteiger partial charge in [-0.3, -0.25) is 15.0 Å². The summed E-state index contributed by atoms with van der Waals surface area (Å²) in [6, 6.07) is 16.1. The average Bonchev–Trinajstić information content (AvgIpc) is 3.46. The minimum absolute atomic E-state index is 0.158. The Balaban J connectivity index is 1.16. The molecule has 8 heteroatoms. The zero-order chi connectivity index (χ0) is 23.2. The number of piperazine rings is 1. The first-order chi connectivity index (χ1) is 15.7. The van der Waals surface area contributed by atoms with E-state index >= 15 is 0 Å². The summed E-state index contributed by atoms with van der Waals surface area (Å²) in [7, 11) is 0. The molecule has 2 fully saturated rings. The van der Waals surface area contributed by atoms with Crippen LogP contribution in [0.5, 0.6) is 0 Å². The van der Waals surface area contributed by atoms with E-state index in [4.69, 9.17) is 4.74 Å². The molecule has 0 spiro atoms. The maximum Gasteiger partial charge on any atom is 0.410 e. The minimum atomic E-state index is -0.473. The van der Waals surface area contributed by atoms with Gasteiger partial charge in [0.2, 0.25) is 0 Å². The number of anilines is 1. The SMILES string of the molecule is CC(C)(C)OC(=O)N1C[C@@H]2C[C@H]1CN2Cc1ccc(C(=O)Nc2nc3ccccc3s2)cc1. The van der Waals surface area contributed by atoms with E-state index in [0.29, 0.717) is 23.3 Å². The number of aromatic nitrogens is 1. The Bertz CT molecular complexity index is 1150. The van der Waals surface area contributed by atoms with Crippen LogP contribution in [-0.4, -0.2) is 57.6 Å². The molecule has 2 aromatic carbocycles. The standard InChI is InChI=1S/C25H28N4O3S/c1-25(2,3)32-24(31)29-15-18-12-19(29)14-28(18)13-16-8-10-17(11-9-16)22(30)27-23-26-20-6-4-5-7-21(20)33-23/h4-11,18-19H,12-15H2,1-3H3,(H,26,27,30)/t18-,19-/m0/s1. The van der Waals surface area contributed by atoms with E-state index in [1.807, 2.05) is 74.2 Å². The maximum absolute atomic E-state index is 12.6. The quantitative estimate of drug-likeness (QED) is 0.604. The number of carbonyl (C=O) groups is 2. The van der Waals surface area contributed by atoms with Crippen molar-refractivity contribution < 1.29 is 14.3 Å². The second-order valence-corrected chi connectivity index (χ2v) is 10.8. The highest BCUT2D eigenvalue weighted by Gasteiger charge is 2.46. The number of hydrogen-bond acceptors (Lipinski definition) is 6. The van der Waals surface area contributed by atoms with Gasteiger partial charge in [0.25, 0.3) is 5.91 Å². The van der Waals surface area contributed by atoms with Crippen molar-refractivity contribution in [2.45, 2.75) is 51.4 Å². The van der Waals surface area contributed by atoms with Gasteiger partial charge in [0.1, 0.15) is 5.60 Å². The van der Waals surface area contributed by atoms with Gasteiger partial charge in [-0.25, -0.2) is 9.78 Å². The molecule has 1 N–H and O–H groups in total. The van der Waals surface area contributed by atoms with Gasteiger partial charge in [-0.15, -0.1) is 0 Å². The molecule has 2 bridgehead atoms. The first kappa shape index (κ1) is 21.9. The zero-order valence-corrected chi connectivity index (χ0v) is 19.9. The predicted octanol–water partition coefficient (Wildman–Crippen LogP) is 4.74.